The second-order valence-electron chi connectivity index (χ2n) is 7.51. The number of aromatic nitrogens is 1. The summed E-state index contributed by atoms with van der Waals surface area (Å²) in [6.07, 6.45) is 1.62. The molecule has 3 aromatic rings. The Balaban J connectivity index is 1.97. The van der Waals surface area contributed by atoms with Gasteiger partial charge in [0.05, 0.1) is 11.2 Å². The predicted molar refractivity (Wildman–Crippen MR) is 106 cm³/mol. The van der Waals surface area contributed by atoms with Crippen molar-refractivity contribution in [3.05, 3.63) is 69.9 Å². The number of hydrogen-bond acceptors (Lipinski definition) is 3. The number of aromatic carboxylic acids is 1. The van der Waals surface area contributed by atoms with E-state index in [1.54, 1.807) is 0 Å². The summed E-state index contributed by atoms with van der Waals surface area (Å²) in [4.78, 5) is 16.7. The average Bonchev–Trinajstić information content (AvgIpc) is 3.42. The first-order chi connectivity index (χ1) is 12.8. The largest absolute Gasteiger partial charge is 0.505 e. The number of carboxylic acid groups (broad SMARTS) is 1. The van der Waals surface area contributed by atoms with Crippen LogP contribution in [0.25, 0.3) is 10.9 Å². The van der Waals surface area contributed by atoms with Crippen molar-refractivity contribution in [1.82, 2.24) is 4.98 Å². The van der Waals surface area contributed by atoms with Crippen LogP contribution in [0.2, 0.25) is 5.02 Å². The molecule has 0 aliphatic heterocycles. The van der Waals surface area contributed by atoms with Gasteiger partial charge in [-0.15, -0.1) is 0 Å². The zero-order chi connectivity index (χ0) is 19.3. The van der Waals surface area contributed by atoms with Crippen LogP contribution >= 0.6 is 11.6 Å². The fourth-order valence-corrected chi connectivity index (χ4v) is 3.86. The van der Waals surface area contributed by atoms with Crippen molar-refractivity contribution in [1.29, 1.82) is 0 Å². The van der Waals surface area contributed by atoms with Crippen LogP contribution in [0.3, 0.4) is 0 Å². The van der Waals surface area contributed by atoms with E-state index in [1.165, 1.54) is 0 Å². The minimum Gasteiger partial charge on any atom is -0.505 e. The number of carbonyl (C=O) groups is 1. The Kier molecular flexibility index (Phi) is 4.11. The van der Waals surface area contributed by atoms with Gasteiger partial charge in [0.2, 0.25) is 0 Å². The quantitative estimate of drug-likeness (QED) is 0.626. The third kappa shape index (κ3) is 2.85. The minimum atomic E-state index is -1.14. The first-order valence-electron chi connectivity index (χ1n) is 9.00. The highest BCUT2D eigenvalue weighted by Crippen LogP contribution is 2.56. The number of nitrogens with zero attached hydrogens (tertiary/aromatic N) is 1. The Labute approximate surface area is 162 Å². The molecule has 1 heterocycles. The van der Waals surface area contributed by atoms with Crippen molar-refractivity contribution in [2.45, 2.75) is 38.0 Å². The third-order valence-corrected chi connectivity index (χ3v) is 5.72. The summed E-state index contributed by atoms with van der Waals surface area (Å²) in [6.45, 7) is 4.09. The standard InChI is InChI=1S/C22H20ClNO3/c1-12(2)13-3-8-17-16(11-13)18(21(26)27)19(25)20(24-17)22(9-10-22)14-4-6-15(23)7-5-14/h3-8,11-12,25H,9-10H2,1-2H3,(H,26,27). The molecule has 0 atom stereocenters. The van der Waals surface area contributed by atoms with Crippen molar-refractivity contribution in [2.24, 2.45) is 0 Å². The highest BCUT2D eigenvalue weighted by Gasteiger charge is 2.50. The molecular weight excluding hydrogens is 362 g/mol. The summed E-state index contributed by atoms with van der Waals surface area (Å²) < 4.78 is 0. The molecule has 4 nitrogen and oxygen atoms in total. The number of benzene rings is 2. The maximum absolute atomic E-state index is 12.0. The van der Waals surface area contributed by atoms with Crippen LogP contribution in [0.15, 0.2) is 42.5 Å². The van der Waals surface area contributed by atoms with E-state index in [-0.39, 0.29) is 17.2 Å². The van der Waals surface area contributed by atoms with Gasteiger partial charge >= 0.3 is 5.97 Å². The van der Waals surface area contributed by atoms with Gasteiger partial charge in [-0.2, -0.15) is 0 Å². The Bertz CT molecular complexity index is 1050. The minimum absolute atomic E-state index is 0.0715. The van der Waals surface area contributed by atoms with E-state index in [2.05, 4.69) is 0 Å². The molecule has 1 aliphatic rings. The topological polar surface area (TPSA) is 70.4 Å². The summed E-state index contributed by atoms with van der Waals surface area (Å²) in [7, 11) is 0. The molecule has 27 heavy (non-hydrogen) atoms. The molecule has 0 spiro atoms. The van der Waals surface area contributed by atoms with Crippen LogP contribution in [-0.4, -0.2) is 21.2 Å². The molecule has 0 radical (unpaired) electrons. The van der Waals surface area contributed by atoms with E-state index in [4.69, 9.17) is 16.6 Å². The predicted octanol–water partition coefficient (Wildman–Crippen LogP) is 5.50. The van der Waals surface area contributed by atoms with Crippen molar-refractivity contribution >= 4 is 28.5 Å². The fourth-order valence-electron chi connectivity index (χ4n) is 3.74. The van der Waals surface area contributed by atoms with E-state index in [1.807, 2.05) is 56.3 Å². The third-order valence-electron chi connectivity index (χ3n) is 5.46. The molecule has 5 heteroatoms. The lowest BCUT2D eigenvalue weighted by molar-refractivity contribution is 0.0695. The highest BCUT2D eigenvalue weighted by atomic mass is 35.5. The van der Waals surface area contributed by atoms with E-state index in [9.17, 15) is 15.0 Å². The second-order valence-corrected chi connectivity index (χ2v) is 7.95. The average molecular weight is 382 g/mol. The Morgan fingerprint density at radius 2 is 1.81 bits per heavy atom. The van der Waals surface area contributed by atoms with Gasteiger partial charge in [0.15, 0.2) is 5.75 Å². The molecule has 1 saturated carbocycles. The Hall–Kier alpha value is -2.59. The number of pyridine rings is 1. The number of rotatable bonds is 4. The lowest BCUT2D eigenvalue weighted by Crippen LogP contribution is -2.14. The molecule has 2 aromatic carbocycles. The van der Waals surface area contributed by atoms with Crippen LogP contribution in [-0.2, 0) is 5.41 Å². The Morgan fingerprint density at radius 3 is 2.37 bits per heavy atom. The maximum atomic E-state index is 12.0. The van der Waals surface area contributed by atoms with Crippen molar-refractivity contribution in [3.8, 4) is 5.75 Å². The smallest absolute Gasteiger partial charge is 0.340 e. The zero-order valence-corrected chi connectivity index (χ0v) is 15.9. The molecule has 0 unspecified atom stereocenters. The number of carboxylic acids is 1. The van der Waals surface area contributed by atoms with Crippen molar-refractivity contribution in [3.63, 3.8) is 0 Å². The van der Waals surface area contributed by atoms with E-state index < -0.39 is 11.4 Å². The van der Waals surface area contributed by atoms with E-state index in [0.29, 0.717) is 21.6 Å². The lowest BCUT2D eigenvalue weighted by Gasteiger charge is -2.20. The maximum Gasteiger partial charge on any atom is 0.340 e. The van der Waals surface area contributed by atoms with Gasteiger partial charge in [0.25, 0.3) is 0 Å². The van der Waals surface area contributed by atoms with Crippen molar-refractivity contribution < 1.29 is 15.0 Å². The number of fused-ring (bicyclic) bond motifs is 1. The first kappa shape index (κ1) is 17.8. The number of aromatic hydroxyl groups is 1. The SMILES string of the molecule is CC(C)c1ccc2nc(C3(c4ccc(Cl)cc4)CC3)c(O)c(C(=O)O)c2c1. The molecule has 2 N–H and O–H groups in total. The highest BCUT2D eigenvalue weighted by molar-refractivity contribution is 6.30. The molecule has 1 aromatic heterocycles. The molecule has 138 valence electrons. The number of hydrogen-bond donors (Lipinski definition) is 2. The van der Waals surface area contributed by atoms with Gasteiger partial charge in [0, 0.05) is 15.8 Å². The molecule has 1 fully saturated rings. The molecule has 4 rings (SSSR count). The van der Waals surface area contributed by atoms with Crippen LogP contribution in [0.5, 0.6) is 5.75 Å². The summed E-state index contributed by atoms with van der Waals surface area (Å²) in [6, 6.07) is 13.1. The second kappa shape index (κ2) is 6.24. The van der Waals surface area contributed by atoms with Crippen LogP contribution in [0.1, 0.15) is 59.8 Å². The first-order valence-corrected chi connectivity index (χ1v) is 9.38. The summed E-state index contributed by atoms with van der Waals surface area (Å²) in [5.74, 6) is -1.13. The van der Waals surface area contributed by atoms with Gasteiger partial charge < -0.3 is 10.2 Å². The monoisotopic (exact) mass is 381 g/mol. The molecule has 0 amide bonds. The molecular formula is C22H20ClNO3. The van der Waals surface area contributed by atoms with Gasteiger partial charge in [-0.25, -0.2) is 9.78 Å². The van der Waals surface area contributed by atoms with E-state index >= 15 is 0 Å². The lowest BCUT2D eigenvalue weighted by atomic mass is 9.89. The van der Waals surface area contributed by atoms with E-state index in [0.717, 1.165) is 24.0 Å². The fraction of sp³-hybridized carbons (Fsp3) is 0.273. The van der Waals surface area contributed by atoms with Gasteiger partial charge in [-0.3, -0.25) is 0 Å². The number of halogens is 1. The summed E-state index contributed by atoms with van der Waals surface area (Å²) >= 11 is 6.00. The van der Waals surface area contributed by atoms with Gasteiger partial charge in [0.1, 0.15) is 5.56 Å². The van der Waals surface area contributed by atoms with Crippen LogP contribution in [0.4, 0.5) is 0 Å². The van der Waals surface area contributed by atoms with Gasteiger partial charge in [-0.1, -0.05) is 43.6 Å². The van der Waals surface area contributed by atoms with Crippen LogP contribution < -0.4 is 0 Å². The summed E-state index contributed by atoms with van der Waals surface area (Å²) in [5.41, 5.74) is 2.50. The molecule has 0 saturated heterocycles. The van der Waals surface area contributed by atoms with Crippen molar-refractivity contribution in [2.75, 3.05) is 0 Å². The summed E-state index contributed by atoms with van der Waals surface area (Å²) in [5, 5.41) is 21.8. The molecule has 0 bridgehead atoms. The Morgan fingerprint density at radius 1 is 1.15 bits per heavy atom. The van der Waals surface area contributed by atoms with Crippen LogP contribution in [0, 0.1) is 0 Å². The zero-order valence-electron chi connectivity index (χ0n) is 15.2. The normalized spacial score (nSPS) is 15.3. The molecule has 1 aliphatic carbocycles. The van der Waals surface area contributed by atoms with Gasteiger partial charge in [-0.05, 0) is 54.2 Å².